The molecular formula is C20H19ClN2O4S. The van der Waals surface area contributed by atoms with Gasteiger partial charge in [-0.15, -0.1) is 0 Å². The van der Waals surface area contributed by atoms with Crippen molar-refractivity contribution in [1.29, 1.82) is 0 Å². The smallest absolute Gasteiger partial charge is 0.264 e. The van der Waals surface area contributed by atoms with E-state index in [9.17, 15) is 13.2 Å². The molecule has 146 valence electrons. The Morgan fingerprint density at radius 1 is 1.07 bits per heavy atom. The molecule has 0 aliphatic heterocycles. The van der Waals surface area contributed by atoms with Crippen molar-refractivity contribution < 1.29 is 17.6 Å². The second kappa shape index (κ2) is 8.50. The minimum atomic E-state index is -4.00. The summed E-state index contributed by atoms with van der Waals surface area (Å²) in [5, 5.41) is 2.89. The molecule has 1 aromatic heterocycles. The molecule has 3 aromatic rings. The molecule has 1 heterocycles. The average molecular weight is 419 g/mol. The van der Waals surface area contributed by atoms with E-state index in [1.54, 1.807) is 48.5 Å². The summed E-state index contributed by atoms with van der Waals surface area (Å²) in [5.74, 6) is 0.0889. The number of carbonyl (C=O) groups excluding carboxylic acids is 1. The lowest BCUT2D eigenvalue weighted by molar-refractivity contribution is -0.119. The lowest BCUT2D eigenvalue weighted by atomic mass is 10.2. The van der Waals surface area contributed by atoms with Gasteiger partial charge in [0.1, 0.15) is 12.3 Å². The third-order valence-electron chi connectivity index (χ3n) is 4.06. The zero-order valence-electron chi connectivity index (χ0n) is 15.1. The number of nitrogens with one attached hydrogen (secondary N) is 1. The Kier molecular flexibility index (Phi) is 6.06. The average Bonchev–Trinajstić information content (AvgIpc) is 3.19. The van der Waals surface area contributed by atoms with E-state index in [-0.39, 0.29) is 22.2 Å². The minimum absolute atomic E-state index is 0.0804. The van der Waals surface area contributed by atoms with Crippen molar-refractivity contribution in [3.05, 3.63) is 83.3 Å². The SMILES string of the molecule is Cc1ccc(S(=O)(=O)N(CC(=O)NCc2ccco2)c2ccccc2Cl)cc1. The Labute approximate surface area is 168 Å². The molecule has 0 aliphatic carbocycles. The van der Waals surface area contributed by atoms with Crippen molar-refractivity contribution in [3.8, 4) is 0 Å². The van der Waals surface area contributed by atoms with E-state index < -0.39 is 22.5 Å². The molecule has 6 nitrogen and oxygen atoms in total. The fraction of sp³-hybridized carbons (Fsp3) is 0.150. The Morgan fingerprint density at radius 2 is 1.79 bits per heavy atom. The fourth-order valence-electron chi connectivity index (χ4n) is 2.58. The Morgan fingerprint density at radius 3 is 2.43 bits per heavy atom. The standard InChI is InChI=1S/C20H19ClN2O4S/c1-15-8-10-17(11-9-15)28(25,26)23(19-7-3-2-6-18(19)21)14-20(24)22-13-16-5-4-12-27-16/h2-12H,13-14H2,1H3,(H,22,24). The predicted molar refractivity (Wildman–Crippen MR) is 108 cm³/mol. The lowest BCUT2D eigenvalue weighted by Gasteiger charge is -2.25. The number of para-hydroxylation sites is 1. The third kappa shape index (κ3) is 4.55. The van der Waals surface area contributed by atoms with Crippen LogP contribution in [0.2, 0.25) is 5.02 Å². The molecule has 1 N–H and O–H groups in total. The van der Waals surface area contributed by atoms with E-state index >= 15 is 0 Å². The zero-order valence-corrected chi connectivity index (χ0v) is 16.7. The van der Waals surface area contributed by atoms with Gasteiger partial charge in [0.15, 0.2) is 0 Å². The number of hydrogen-bond donors (Lipinski definition) is 1. The van der Waals surface area contributed by atoms with Crippen LogP contribution in [0.4, 0.5) is 5.69 Å². The van der Waals surface area contributed by atoms with Crippen molar-refractivity contribution in [1.82, 2.24) is 5.32 Å². The number of hydrogen-bond acceptors (Lipinski definition) is 4. The fourth-order valence-corrected chi connectivity index (χ4v) is 4.30. The summed E-state index contributed by atoms with van der Waals surface area (Å²) in [6.45, 7) is 1.61. The van der Waals surface area contributed by atoms with Gasteiger partial charge in [-0.05, 0) is 43.3 Å². The molecule has 0 saturated heterocycles. The summed E-state index contributed by atoms with van der Waals surface area (Å²) in [6, 6.07) is 16.4. The maximum Gasteiger partial charge on any atom is 0.264 e. The second-order valence-corrected chi connectivity index (χ2v) is 8.40. The maximum absolute atomic E-state index is 13.2. The van der Waals surface area contributed by atoms with E-state index in [1.807, 2.05) is 6.92 Å². The summed E-state index contributed by atoms with van der Waals surface area (Å²) in [7, 11) is -4.00. The summed E-state index contributed by atoms with van der Waals surface area (Å²) in [6.07, 6.45) is 1.50. The van der Waals surface area contributed by atoms with E-state index in [1.165, 1.54) is 18.4 Å². The third-order valence-corrected chi connectivity index (χ3v) is 6.15. The van der Waals surface area contributed by atoms with Gasteiger partial charge in [-0.2, -0.15) is 0 Å². The van der Waals surface area contributed by atoms with Crippen molar-refractivity contribution >= 4 is 33.2 Å². The monoisotopic (exact) mass is 418 g/mol. The molecular weight excluding hydrogens is 400 g/mol. The molecule has 1 amide bonds. The van der Waals surface area contributed by atoms with Gasteiger partial charge >= 0.3 is 0 Å². The highest BCUT2D eigenvalue weighted by atomic mass is 35.5. The van der Waals surface area contributed by atoms with Crippen molar-refractivity contribution in [2.45, 2.75) is 18.4 Å². The van der Waals surface area contributed by atoms with Crippen LogP contribution >= 0.6 is 11.6 Å². The lowest BCUT2D eigenvalue weighted by Crippen LogP contribution is -2.40. The molecule has 0 saturated carbocycles. The van der Waals surface area contributed by atoms with Crippen LogP contribution in [0.3, 0.4) is 0 Å². The van der Waals surface area contributed by atoms with Crippen LogP contribution in [0.5, 0.6) is 0 Å². The number of sulfonamides is 1. The highest BCUT2D eigenvalue weighted by molar-refractivity contribution is 7.92. The number of rotatable bonds is 7. The van der Waals surface area contributed by atoms with Crippen molar-refractivity contribution in [3.63, 3.8) is 0 Å². The van der Waals surface area contributed by atoms with Crippen LogP contribution in [-0.2, 0) is 21.4 Å². The first-order valence-electron chi connectivity index (χ1n) is 8.51. The number of carbonyl (C=O) groups is 1. The van der Waals surface area contributed by atoms with E-state index in [0.717, 1.165) is 9.87 Å². The molecule has 0 spiro atoms. The minimum Gasteiger partial charge on any atom is -0.467 e. The molecule has 0 aliphatic rings. The van der Waals surface area contributed by atoms with Crippen LogP contribution in [-0.4, -0.2) is 20.9 Å². The van der Waals surface area contributed by atoms with Crippen molar-refractivity contribution in [2.75, 3.05) is 10.8 Å². The van der Waals surface area contributed by atoms with Gasteiger partial charge < -0.3 is 9.73 Å². The first kappa shape index (κ1) is 20.0. The Hall–Kier alpha value is -2.77. The van der Waals surface area contributed by atoms with Crippen LogP contribution in [0.1, 0.15) is 11.3 Å². The summed E-state index contributed by atoms with van der Waals surface area (Å²) >= 11 is 6.23. The first-order chi connectivity index (χ1) is 13.4. The Bertz CT molecular complexity index is 1050. The first-order valence-corrected chi connectivity index (χ1v) is 10.3. The van der Waals surface area contributed by atoms with E-state index in [4.69, 9.17) is 16.0 Å². The molecule has 0 radical (unpaired) electrons. The second-order valence-electron chi connectivity index (χ2n) is 6.13. The summed E-state index contributed by atoms with van der Waals surface area (Å²) < 4.78 is 32.7. The molecule has 2 aromatic carbocycles. The quantitative estimate of drug-likeness (QED) is 0.633. The van der Waals surface area contributed by atoms with E-state index in [0.29, 0.717) is 5.76 Å². The molecule has 3 rings (SSSR count). The molecule has 8 heteroatoms. The van der Waals surface area contributed by atoms with Gasteiger partial charge in [-0.1, -0.05) is 41.4 Å². The number of aryl methyl sites for hydroxylation is 1. The number of furan rings is 1. The van der Waals surface area contributed by atoms with Gasteiger partial charge in [0.25, 0.3) is 10.0 Å². The van der Waals surface area contributed by atoms with Gasteiger partial charge in [0.2, 0.25) is 5.91 Å². The number of anilines is 1. The zero-order chi connectivity index (χ0) is 20.1. The number of halogens is 1. The largest absolute Gasteiger partial charge is 0.467 e. The van der Waals surface area contributed by atoms with Gasteiger partial charge in [0.05, 0.1) is 28.4 Å². The normalized spacial score (nSPS) is 11.2. The van der Waals surface area contributed by atoms with Crippen LogP contribution in [0, 0.1) is 6.92 Å². The molecule has 0 bridgehead atoms. The topological polar surface area (TPSA) is 79.6 Å². The number of benzene rings is 2. The highest BCUT2D eigenvalue weighted by Gasteiger charge is 2.28. The van der Waals surface area contributed by atoms with E-state index in [2.05, 4.69) is 5.32 Å². The van der Waals surface area contributed by atoms with Crippen molar-refractivity contribution in [2.24, 2.45) is 0 Å². The predicted octanol–water partition coefficient (Wildman–Crippen LogP) is 3.75. The molecule has 28 heavy (non-hydrogen) atoms. The molecule has 0 atom stereocenters. The summed E-state index contributed by atoms with van der Waals surface area (Å²) in [5.41, 5.74) is 1.16. The highest BCUT2D eigenvalue weighted by Crippen LogP contribution is 2.30. The van der Waals surface area contributed by atoms with Gasteiger partial charge in [0, 0.05) is 0 Å². The van der Waals surface area contributed by atoms with Crippen LogP contribution in [0.25, 0.3) is 0 Å². The number of nitrogens with zero attached hydrogens (tertiary/aromatic N) is 1. The molecule has 0 unspecified atom stereocenters. The van der Waals surface area contributed by atoms with Gasteiger partial charge in [-0.25, -0.2) is 8.42 Å². The number of amides is 1. The van der Waals surface area contributed by atoms with Crippen LogP contribution < -0.4 is 9.62 Å². The Balaban J connectivity index is 1.90. The maximum atomic E-state index is 13.2. The molecule has 0 fully saturated rings. The van der Waals surface area contributed by atoms with Gasteiger partial charge in [-0.3, -0.25) is 9.10 Å². The van der Waals surface area contributed by atoms with Crippen LogP contribution in [0.15, 0.2) is 76.2 Å². The summed E-state index contributed by atoms with van der Waals surface area (Å²) in [4.78, 5) is 12.5.